The quantitative estimate of drug-likeness (QED) is 0.535. The van der Waals surface area contributed by atoms with Crippen molar-refractivity contribution in [3.8, 4) is 11.5 Å². The number of rotatable bonds is 6. The molecular formula is C19H17NO7S. The summed E-state index contributed by atoms with van der Waals surface area (Å²) in [5.41, 5.74) is 0.689. The van der Waals surface area contributed by atoms with E-state index in [1.54, 1.807) is 24.3 Å². The first-order valence-corrected chi connectivity index (χ1v) is 8.93. The second-order valence-electron chi connectivity index (χ2n) is 5.64. The summed E-state index contributed by atoms with van der Waals surface area (Å²) in [5.74, 6) is 0.309. The summed E-state index contributed by atoms with van der Waals surface area (Å²) < 4.78 is 20.3. The number of carbonyl (C=O) groups is 3. The van der Waals surface area contributed by atoms with E-state index < -0.39 is 17.1 Å². The molecule has 2 amide bonds. The molecule has 0 N–H and O–H groups in total. The Morgan fingerprint density at radius 2 is 1.86 bits per heavy atom. The van der Waals surface area contributed by atoms with Gasteiger partial charge in [-0.05, 0) is 47.7 Å². The van der Waals surface area contributed by atoms with Gasteiger partial charge in [0.25, 0.3) is 11.1 Å². The molecule has 2 heterocycles. The number of hydrogen-bond acceptors (Lipinski definition) is 8. The van der Waals surface area contributed by atoms with Crippen molar-refractivity contribution in [1.82, 2.24) is 4.90 Å². The summed E-state index contributed by atoms with van der Waals surface area (Å²) in [7, 11) is 4.28. The minimum absolute atomic E-state index is 0.00495. The van der Waals surface area contributed by atoms with E-state index in [4.69, 9.17) is 13.9 Å². The Kier molecular flexibility index (Phi) is 5.74. The molecule has 146 valence electrons. The van der Waals surface area contributed by atoms with Gasteiger partial charge in [-0.3, -0.25) is 14.5 Å². The normalized spacial score (nSPS) is 15.2. The smallest absolute Gasteiger partial charge is 0.373 e. The van der Waals surface area contributed by atoms with E-state index in [9.17, 15) is 14.4 Å². The van der Waals surface area contributed by atoms with Crippen LogP contribution in [0.25, 0.3) is 6.08 Å². The van der Waals surface area contributed by atoms with Crippen molar-refractivity contribution in [2.24, 2.45) is 0 Å². The molecule has 9 heteroatoms. The maximum atomic E-state index is 12.6. The number of benzene rings is 1. The number of amides is 2. The molecule has 1 saturated heterocycles. The summed E-state index contributed by atoms with van der Waals surface area (Å²) in [6.07, 6.45) is 1.61. The summed E-state index contributed by atoms with van der Waals surface area (Å²) in [4.78, 5) is 37.7. The molecule has 2 aromatic rings. The number of carbonyl (C=O) groups excluding carboxylic acids is 3. The van der Waals surface area contributed by atoms with E-state index in [1.807, 2.05) is 0 Å². The van der Waals surface area contributed by atoms with Crippen LogP contribution in [-0.2, 0) is 16.1 Å². The van der Waals surface area contributed by atoms with Crippen molar-refractivity contribution < 1.29 is 33.0 Å². The Bertz CT molecular complexity index is 963. The van der Waals surface area contributed by atoms with E-state index in [-0.39, 0.29) is 17.2 Å². The van der Waals surface area contributed by atoms with Crippen LogP contribution >= 0.6 is 11.8 Å². The van der Waals surface area contributed by atoms with Gasteiger partial charge in [0.2, 0.25) is 5.76 Å². The van der Waals surface area contributed by atoms with Gasteiger partial charge in [0.05, 0.1) is 32.8 Å². The molecule has 0 atom stereocenters. The van der Waals surface area contributed by atoms with Gasteiger partial charge in [0.15, 0.2) is 11.5 Å². The van der Waals surface area contributed by atoms with Gasteiger partial charge in [-0.1, -0.05) is 6.07 Å². The van der Waals surface area contributed by atoms with Gasteiger partial charge >= 0.3 is 5.97 Å². The number of imide groups is 1. The fourth-order valence-corrected chi connectivity index (χ4v) is 3.40. The van der Waals surface area contributed by atoms with Crippen LogP contribution in [0.5, 0.6) is 11.5 Å². The maximum Gasteiger partial charge on any atom is 0.373 e. The van der Waals surface area contributed by atoms with Crippen LogP contribution in [0.1, 0.15) is 21.9 Å². The Morgan fingerprint density at radius 3 is 2.54 bits per heavy atom. The van der Waals surface area contributed by atoms with E-state index in [2.05, 4.69) is 4.74 Å². The third-order valence-electron chi connectivity index (χ3n) is 3.94. The molecule has 28 heavy (non-hydrogen) atoms. The summed E-state index contributed by atoms with van der Waals surface area (Å²) in [6, 6.07) is 8.13. The summed E-state index contributed by atoms with van der Waals surface area (Å²) in [6.45, 7) is -0.0784. The SMILES string of the molecule is COC(=O)c1ccc(CN2C(=O)SC(=Cc3ccc(OC)c(OC)c3)C2=O)o1. The third kappa shape index (κ3) is 3.89. The number of ether oxygens (including phenoxy) is 3. The van der Waals surface area contributed by atoms with Gasteiger partial charge in [0.1, 0.15) is 5.76 Å². The Morgan fingerprint density at radius 1 is 1.11 bits per heavy atom. The number of nitrogens with zero attached hydrogens (tertiary/aromatic N) is 1. The third-order valence-corrected chi connectivity index (χ3v) is 4.85. The van der Waals surface area contributed by atoms with Gasteiger partial charge < -0.3 is 18.6 Å². The number of furan rings is 1. The molecule has 0 saturated carbocycles. The highest BCUT2D eigenvalue weighted by Crippen LogP contribution is 2.35. The van der Waals surface area contributed by atoms with Crippen LogP contribution in [0.15, 0.2) is 39.7 Å². The molecule has 0 radical (unpaired) electrons. The lowest BCUT2D eigenvalue weighted by molar-refractivity contribution is -0.123. The fraction of sp³-hybridized carbons (Fsp3) is 0.211. The molecule has 0 bridgehead atoms. The molecule has 0 spiro atoms. The number of esters is 1. The van der Waals surface area contributed by atoms with Gasteiger partial charge in [-0.15, -0.1) is 0 Å². The molecular weight excluding hydrogens is 386 g/mol. The van der Waals surface area contributed by atoms with E-state index in [0.717, 1.165) is 16.7 Å². The maximum absolute atomic E-state index is 12.6. The van der Waals surface area contributed by atoms with Crippen LogP contribution in [0, 0.1) is 0 Å². The first-order valence-electron chi connectivity index (χ1n) is 8.11. The van der Waals surface area contributed by atoms with Crippen LogP contribution in [0.4, 0.5) is 4.79 Å². The molecule has 1 aliphatic rings. The first kappa shape index (κ1) is 19.6. The average molecular weight is 403 g/mol. The van der Waals surface area contributed by atoms with Crippen LogP contribution < -0.4 is 9.47 Å². The molecule has 1 aliphatic heterocycles. The summed E-state index contributed by atoms with van der Waals surface area (Å²) >= 11 is 0.830. The number of hydrogen-bond donors (Lipinski definition) is 0. The van der Waals surface area contributed by atoms with Crippen molar-refractivity contribution >= 4 is 35.0 Å². The largest absolute Gasteiger partial charge is 0.493 e. The van der Waals surface area contributed by atoms with Crippen molar-refractivity contribution in [3.05, 3.63) is 52.3 Å². The van der Waals surface area contributed by atoms with Crippen LogP contribution in [0.3, 0.4) is 0 Å². The lowest BCUT2D eigenvalue weighted by Crippen LogP contribution is -2.27. The predicted molar refractivity (Wildman–Crippen MR) is 101 cm³/mol. The van der Waals surface area contributed by atoms with Crippen molar-refractivity contribution in [2.75, 3.05) is 21.3 Å². The molecule has 1 aromatic heterocycles. The zero-order valence-corrected chi connectivity index (χ0v) is 16.2. The lowest BCUT2D eigenvalue weighted by Gasteiger charge is -2.10. The lowest BCUT2D eigenvalue weighted by atomic mass is 10.2. The van der Waals surface area contributed by atoms with Gasteiger partial charge in [-0.2, -0.15) is 0 Å². The number of thioether (sulfide) groups is 1. The fourth-order valence-electron chi connectivity index (χ4n) is 2.56. The minimum atomic E-state index is -0.631. The standard InChI is InChI=1S/C19H17NO7S/c1-24-13-6-4-11(8-15(13)25-2)9-16-17(21)20(19(23)28-16)10-12-5-7-14(27-12)18(22)26-3/h4-9H,10H2,1-3H3. The first-order chi connectivity index (χ1) is 13.5. The molecule has 0 aliphatic carbocycles. The highest BCUT2D eigenvalue weighted by molar-refractivity contribution is 8.18. The Labute approximate surface area is 165 Å². The van der Waals surface area contributed by atoms with Crippen LogP contribution in [-0.4, -0.2) is 43.3 Å². The zero-order valence-electron chi connectivity index (χ0n) is 15.4. The van der Waals surface area contributed by atoms with Crippen LogP contribution in [0.2, 0.25) is 0 Å². The molecule has 1 aromatic carbocycles. The average Bonchev–Trinajstić information content (AvgIpc) is 3.28. The summed E-state index contributed by atoms with van der Waals surface area (Å²) in [5, 5.41) is -0.423. The monoisotopic (exact) mass is 403 g/mol. The second-order valence-corrected chi connectivity index (χ2v) is 6.63. The van der Waals surface area contributed by atoms with Gasteiger partial charge in [-0.25, -0.2) is 4.79 Å². The van der Waals surface area contributed by atoms with E-state index in [0.29, 0.717) is 22.8 Å². The molecule has 3 rings (SSSR count). The van der Waals surface area contributed by atoms with E-state index >= 15 is 0 Å². The minimum Gasteiger partial charge on any atom is -0.493 e. The molecule has 8 nitrogen and oxygen atoms in total. The van der Waals surface area contributed by atoms with Crippen molar-refractivity contribution in [1.29, 1.82) is 0 Å². The number of methoxy groups -OCH3 is 3. The van der Waals surface area contributed by atoms with Gasteiger partial charge in [0, 0.05) is 0 Å². The predicted octanol–water partition coefficient (Wildman–Crippen LogP) is 3.32. The highest BCUT2D eigenvalue weighted by atomic mass is 32.2. The molecule has 1 fully saturated rings. The van der Waals surface area contributed by atoms with E-state index in [1.165, 1.54) is 33.5 Å². The Hall–Kier alpha value is -3.20. The topological polar surface area (TPSA) is 95.3 Å². The second kappa shape index (κ2) is 8.22. The van der Waals surface area contributed by atoms with Crippen molar-refractivity contribution in [3.63, 3.8) is 0 Å². The zero-order chi connectivity index (χ0) is 20.3. The molecule has 0 unspecified atom stereocenters. The highest BCUT2D eigenvalue weighted by Gasteiger charge is 2.35. The Balaban J connectivity index is 1.79. The van der Waals surface area contributed by atoms with Crippen molar-refractivity contribution in [2.45, 2.75) is 6.54 Å².